The lowest BCUT2D eigenvalue weighted by atomic mass is 9.87. The Morgan fingerprint density at radius 2 is 0.911 bits per heavy atom. The predicted octanol–water partition coefficient (Wildman–Crippen LogP) is 14.3. The topological polar surface area (TPSA) is 52.1 Å². The highest BCUT2D eigenvalue weighted by Gasteiger charge is 2.22. The highest BCUT2D eigenvalue weighted by atomic mass is 16.3. The van der Waals surface area contributed by atoms with Crippen molar-refractivity contribution >= 4 is 43.9 Å². The van der Waals surface area contributed by atoms with E-state index in [2.05, 4.69) is 133 Å². The van der Waals surface area contributed by atoms with Gasteiger partial charge in [0.1, 0.15) is 22.3 Å². The van der Waals surface area contributed by atoms with Gasteiger partial charge in [-0.25, -0.2) is 9.97 Å². The van der Waals surface area contributed by atoms with Crippen molar-refractivity contribution in [2.24, 2.45) is 0 Å². The summed E-state index contributed by atoms with van der Waals surface area (Å²) in [5.74, 6) is 0.681. The van der Waals surface area contributed by atoms with Crippen LogP contribution in [0.25, 0.3) is 111 Å². The summed E-state index contributed by atoms with van der Waals surface area (Å²) in [6, 6.07) is 67.3. The Balaban J connectivity index is 1.16. The molecule has 0 spiro atoms. The lowest BCUT2D eigenvalue weighted by molar-refractivity contribution is 0.669. The molecule has 0 amide bonds. The molecule has 0 radical (unpaired) electrons. The largest absolute Gasteiger partial charge is 0.456 e. The van der Waals surface area contributed by atoms with Gasteiger partial charge in [-0.1, -0.05) is 158 Å². The molecular weight excluding hydrogens is 685 g/mol. The van der Waals surface area contributed by atoms with E-state index in [4.69, 9.17) is 18.8 Å². The molecule has 0 unspecified atom stereocenters. The molecule has 0 bridgehead atoms. The normalized spacial score (nSPS) is 11.6. The van der Waals surface area contributed by atoms with Crippen molar-refractivity contribution in [2.75, 3.05) is 0 Å². The highest BCUT2D eigenvalue weighted by Crippen LogP contribution is 2.46. The number of nitrogens with zero attached hydrogens (tertiary/aromatic N) is 2. The number of hydrogen-bond donors (Lipinski definition) is 0. The second-order valence-corrected chi connectivity index (χ2v) is 14.1. The van der Waals surface area contributed by atoms with Crippen molar-refractivity contribution in [1.82, 2.24) is 9.97 Å². The average Bonchev–Trinajstić information content (AvgIpc) is 3.85. The lowest BCUT2D eigenvalue weighted by Crippen LogP contribution is -1.97. The molecular formula is C52H32N2O2. The maximum Gasteiger partial charge on any atom is 0.160 e. The molecule has 0 N–H and O–H groups in total. The molecule has 3 aromatic heterocycles. The van der Waals surface area contributed by atoms with E-state index >= 15 is 0 Å². The molecule has 4 heteroatoms. The number of para-hydroxylation sites is 3. The number of hydrogen-bond acceptors (Lipinski definition) is 4. The van der Waals surface area contributed by atoms with Crippen LogP contribution >= 0.6 is 0 Å². The first-order valence-corrected chi connectivity index (χ1v) is 18.8. The van der Waals surface area contributed by atoms with E-state index in [1.165, 1.54) is 0 Å². The Kier molecular flexibility index (Phi) is 7.46. The SMILES string of the molecule is c1ccc(-c2cc(-c3ccccc3-c3ccc4oc5ccccc5c4c3-c3cccc(-c4cccc5c4oc4ccccc45)c3)nc(-c3ccccc3)n2)cc1. The van der Waals surface area contributed by atoms with Gasteiger partial charge in [0.2, 0.25) is 0 Å². The molecule has 11 rings (SSSR count). The fourth-order valence-electron chi connectivity index (χ4n) is 8.16. The Bertz CT molecular complexity index is 3190. The number of furan rings is 2. The van der Waals surface area contributed by atoms with Crippen molar-refractivity contribution in [3.8, 4) is 67.3 Å². The van der Waals surface area contributed by atoms with Gasteiger partial charge in [0.25, 0.3) is 0 Å². The number of benzene rings is 8. The quantitative estimate of drug-likeness (QED) is 0.172. The fourth-order valence-corrected chi connectivity index (χ4v) is 8.16. The average molecular weight is 717 g/mol. The summed E-state index contributed by atoms with van der Waals surface area (Å²) in [4.78, 5) is 10.3. The van der Waals surface area contributed by atoms with Crippen LogP contribution in [-0.2, 0) is 0 Å². The first-order chi connectivity index (χ1) is 27.8. The van der Waals surface area contributed by atoms with Crippen LogP contribution in [0.5, 0.6) is 0 Å². The van der Waals surface area contributed by atoms with E-state index in [1.807, 2.05) is 60.7 Å². The van der Waals surface area contributed by atoms with Gasteiger partial charge >= 0.3 is 0 Å². The van der Waals surface area contributed by atoms with Gasteiger partial charge in [0, 0.05) is 49.4 Å². The van der Waals surface area contributed by atoms with Gasteiger partial charge in [0.15, 0.2) is 5.82 Å². The Hall–Kier alpha value is -7.56. The summed E-state index contributed by atoms with van der Waals surface area (Å²) in [6.07, 6.45) is 0. The Morgan fingerprint density at radius 3 is 1.73 bits per heavy atom. The van der Waals surface area contributed by atoms with Crippen LogP contribution in [0.4, 0.5) is 0 Å². The minimum atomic E-state index is 0.681. The molecule has 0 aliphatic rings. The zero-order valence-corrected chi connectivity index (χ0v) is 30.2. The highest BCUT2D eigenvalue weighted by molar-refractivity contribution is 6.17. The predicted molar refractivity (Wildman–Crippen MR) is 229 cm³/mol. The van der Waals surface area contributed by atoms with Crippen molar-refractivity contribution in [3.63, 3.8) is 0 Å². The maximum absolute atomic E-state index is 6.52. The summed E-state index contributed by atoms with van der Waals surface area (Å²) in [5.41, 5.74) is 14.6. The summed E-state index contributed by atoms with van der Waals surface area (Å²) in [6.45, 7) is 0. The van der Waals surface area contributed by atoms with E-state index in [-0.39, 0.29) is 0 Å². The third-order valence-electron chi connectivity index (χ3n) is 10.7. The second kappa shape index (κ2) is 13.1. The molecule has 3 heterocycles. The molecule has 0 saturated carbocycles. The van der Waals surface area contributed by atoms with Gasteiger partial charge in [-0.15, -0.1) is 0 Å². The molecule has 0 aliphatic carbocycles. The summed E-state index contributed by atoms with van der Waals surface area (Å²) < 4.78 is 13.0. The van der Waals surface area contributed by atoms with Gasteiger partial charge in [0.05, 0.1) is 11.4 Å². The number of fused-ring (bicyclic) bond motifs is 6. The van der Waals surface area contributed by atoms with E-state index in [1.54, 1.807) is 0 Å². The molecule has 11 aromatic rings. The molecule has 0 saturated heterocycles. The third kappa shape index (κ3) is 5.31. The first kappa shape index (κ1) is 31.9. The van der Waals surface area contributed by atoms with Crippen LogP contribution < -0.4 is 0 Å². The Labute approximate surface area is 323 Å². The van der Waals surface area contributed by atoms with Crippen LogP contribution in [0.1, 0.15) is 0 Å². The Morgan fingerprint density at radius 1 is 0.321 bits per heavy atom. The minimum Gasteiger partial charge on any atom is -0.456 e. The van der Waals surface area contributed by atoms with E-state index < -0.39 is 0 Å². The van der Waals surface area contributed by atoms with Crippen LogP contribution in [0, 0.1) is 0 Å². The van der Waals surface area contributed by atoms with Crippen LogP contribution in [0.15, 0.2) is 203 Å². The second-order valence-electron chi connectivity index (χ2n) is 14.1. The molecule has 56 heavy (non-hydrogen) atoms. The summed E-state index contributed by atoms with van der Waals surface area (Å²) in [5, 5.41) is 4.37. The van der Waals surface area contributed by atoms with Gasteiger partial charge in [-0.2, -0.15) is 0 Å². The summed E-state index contributed by atoms with van der Waals surface area (Å²) >= 11 is 0. The molecule has 0 atom stereocenters. The molecule has 8 aromatic carbocycles. The molecule has 262 valence electrons. The molecule has 0 aliphatic heterocycles. The van der Waals surface area contributed by atoms with E-state index in [0.717, 1.165) is 105 Å². The standard InChI is InChI=1S/C52H32N2O2/c1-3-15-33(16-4-1)44-32-45(54-52(53-44)34-17-5-2-6-18-34)39-22-8-7-21-38(39)41-29-30-48-50(43-24-10-12-28-47(43)55-48)49(41)36-20-13-19-35(31-36)37-25-14-26-42-40-23-9-11-27-46(40)56-51(37)42/h1-32H. The van der Waals surface area contributed by atoms with Crippen molar-refractivity contribution < 1.29 is 8.83 Å². The molecule has 0 fully saturated rings. The van der Waals surface area contributed by atoms with Gasteiger partial charge in [-0.3, -0.25) is 0 Å². The monoisotopic (exact) mass is 716 g/mol. The minimum absolute atomic E-state index is 0.681. The van der Waals surface area contributed by atoms with Crippen LogP contribution in [0.2, 0.25) is 0 Å². The fraction of sp³-hybridized carbons (Fsp3) is 0. The van der Waals surface area contributed by atoms with E-state index in [0.29, 0.717) is 5.82 Å². The smallest absolute Gasteiger partial charge is 0.160 e. The number of aromatic nitrogens is 2. The first-order valence-electron chi connectivity index (χ1n) is 18.8. The zero-order chi connectivity index (χ0) is 37.0. The zero-order valence-electron chi connectivity index (χ0n) is 30.2. The van der Waals surface area contributed by atoms with Crippen LogP contribution in [-0.4, -0.2) is 9.97 Å². The third-order valence-corrected chi connectivity index (χ3v) is 10.7. The van der Waals surface area contributed by atoms with E-state index in [9.17, 15) is 0 Å². The summed E-state index contributed by atoms with van der Waals surface area (Å²) in [7, 11) is 0. The number of rotatable bonds is 6. The van der Waals surface area contributed by atoms with Gasteiger partial charge < -0.3 is 8.83 Å². The maximum atomic E-state index is 6.52. The van der Waals surface area contributed by atoms with Crippen LogP contribution in [0.3, 0.4) is 0 Å². The lowest BCUT2D eigenvalue weighted by Gasteiger charge is -2.17. The van der Waals surface area contributed by atoms with Crippen molar-refractivity contribution in [2.45, 2.75) is 0 Å². The van der Waals surface area contributed by atoms with Gasteiger partial charge in [-0.05, 0) is 58.7 Å². The van der Waals surface area contributed by atoms with Crippen molar-refractivity contribution in [3.05, 3.63) is 194 Å². The molecule has 4 nitrogen and oxygen atoms in total. The van der Waals surface area contributed by atoms with Crippen molar-refractivity contribution in [1.29, 1.82) is 0 Å².